The predicted molar refractivity (Wildman–Crippen MR) is 86.3 cm³/mol. The van der Waals surface area contributed by atoms with Crippen molar-refractivity contribution in [2.45, 2.75) is 25.0 Å². The molecule has 1 amide bonds. The van der Waals surface area contributed by atoms with Crippen molar-refractivity contribution in [1.29, 1.82) is 0 Å². The molecule has 2 aromatic rings. The number of thioether (sulfide) groups is 1. The number of nitrogens with one attached hydrogen (secondary N) is 1. The molecule has 0 atom stereocenters. The van der Waals surface area contributed by atoms with Crippen LogP contribution in [0, 0.1) is 5.92 Å². The van der Waals surface area contributed by atoms with Crippen LogP contribution >= 0.6 is 23.1 Å². The Bertz CT molecular complexity index is 576. The molecule has 21 heavy (non-hydrogen) atoms. The van der Waals surface area contributed by atoms with Gasteiger partial charge >= 0.3 is 0 Å². The Morgan fingerprint density at radius 2 is 2.43 bits per heavy atom. The summed E-state index contributed by atoms with van der Waals surface area (Å²) in [6.07, 6.45) is 7.20. The van der Waals surface area contributed by atoms with Gasteiger partial charge in [-0.05, 0) is 24.8 Å². The van der Waals surface area contributed by atoms with Crippen molar-refractivity contribution in [3.05, 3.63) is 29.7 Å². The average Bonchev–Trinajstić information content (AvgIpc) is 3.07. The van der Waals surface area contributed by atoms with Crippen LogP contribution in [0.3, 0.4) is 0 Å². The second kappa shape index (κ2) is 7.13. The molecule has 0 aromatic carbocycles. The number of furan rings is 1. The molecule has 4 nitrogen and oxygen atoms in total. The van der Waals surface area contributed by atoms with E-state index in [-0.39, 0.29) is 5.91 Å². The molecule has 0 unspecified atom stereocenters. The molecule has 0 spiro atoms. The number of hydrogen-bond donors (Lipinski definition) is 1. The third-order valence-electron chi connectivity index (χ3n) is 3.62. The molecule has 1 saturated carbocycles. The molecule has 2 aromatic heterocycles. The largest absolute Gasteiger partial charge is 0.472 e. The van der Waals surface area contributed by atoms with E-state index in [2.05, 4.69) is 10.3 Å². The molecule has 2 heterocycles. The van der Waals surface area contributed by atoms with Crippen LogP contribution < -0.4 is 5.32 Å². The van der Waals surface area contributed by atoms with Gasteiger partial charge in [0.1, 0.15) is 11.3 Å². The summed E-state index contributed by atoms with van der Waals surface area (Å²) in [6, 6.07) is 1.91. The number of carbonyl (C=O) groups is 1. The van der Waals surface area contributed by atoms with Gasteiger partial charge in [0.05, 0.1) is 17.7 Å². The maximum Gasteiger partial charge on any atom is 0.230 e. The van der Waals surface area contributed by atoms with E-state index in [1.165, 1.54) is 19.3 Å². The van der Waals surface area contributed by atoms with Crippen molar-refractivity contribution >= 4 is 29.0 Å². The van der Waals surface area contributed by atoms with E-state index in [0.29, 0.717) is 5.75 Å². The van der Waals surface area contributed by atoms with Gasteiger partial charge < -0.3 is 9.73 Å². The average molecular weight is 322 g/mol. The number of amides is 1. The van der Waals surface area contributed by atoms with Gasteiger partial charge in [0, 0.05) is 23.2 Å². The van der Waals surface area contributed by atoms with Gasteiger partial charge in [0.25, 0.3) is 0 Å². The van der Waals surface area contributed by atoms with Gasteiger partial charge in [-0.15, -0.1) is 23.1 Å². The summed E-state index contributed by atoms with van der Waals surface area (Å²) in [5.41, 5.74) is 2.03. The van der Waals surface area contributed by atoms with Crippen LogP contribution in [0.4, 0.5) is 0 Å². The topological polar surface area (TPSA) is 55.1 Å². The van der Waals surface area contributed by atoms with E-state index in [1.807, 2.05) is 11.4 Å². The van der Waals surface area contributed by atoms with Crippen LogP contribution in [0.15, 0.2) is 28.4 Å². The lowest BCUT2D eigenvalue weighted by Crippen LogP contribution is -2.33. The Kier molecular flexibility index (Phi) is 4.98. The summed E-state index contributed by atoms with van der Waals surface area (Å²) in [4.78, 5) is 16.3. The molecular weight excluding hydrogens is 304 g/mol. The Morgan fingerprint density at radius 3 is 3.14 bits per heavy atom. The van der Waals surface area contributed by atoms with Crippen molar-refractivity contribution in [3.63, 3.8) is 0 Å². The van der Waals surface area contributed by atoms with E-state index >= 15 is 0 Å². The minimum absolute atomic E-state index is 0.136. The number of thiazole rings is 1. The Balaban J connectivity index is 1.38. The Labute approximate surface area is 132 Å². The van der Waals surface area contributed by atoms with Gasteiger partial charge in [-0.25, -0.2) is 4.98 Å². The van der Waals surface area contributed by atoms with E-state index in [4.69, 9.17) is 4.42 Å². The fraction of sp³-hybridized carbons (Fsp3) is 0.467. The summed E-state index contributed by atoms with van der Waals surface area (Å²) >= 11 is 3.22. The molecule has 1 aliphatic carbocycles. The number of rotatable bonds is 7. The third-order valence-corrected chi connectivity index (χ3v) is 5.52. The second-order valence-electron chi connectivity index (χ2n) is 5.25. The van der Waals surface area contributed by atoms with Crippen molar-refractivity contribution in [3.8, 4) is 10.6 Å². The molecule has 1 N–H and O–H groups in total. The lowest BCUT2D eigenvalue weighted by Gasteiger charge is -2.25. The van der Waals surface area contributed by atoms with Crippen molar-refractivity contribution in [2.24, 2.45) is 5.92 Å². The molecule has 3 rings (SSSR count). The first-order chi connectivity index (χ1) is 10.3. The highest BCUT2D eigenvalue weighted by molar-refractivity contribution is 7.99. The maximum atomic E-state index is 11.7. The maximum absolute atomic E-state index is 11.7. The lowest BCUT2D eigenvalue weighted by atomic mass is 9.85. The highest BCUT2D eigenvalue weighted by Gasteiger charge is 2.17. The standard InChI is InChI=1S/C15H18N2O2S2/c18-14(16-6-11-2-1-3-11)10-20-8-13-9-21-15(17-13)12-4-5-19-7-12/h4-5,7,9,11H,1-3,6,8,10H2,(H,16,18). The zero-order valence-corrected chi connectivity index (χ0v) is 13.3. The molecule has 1 aliphatic rings. The summed E-state index contributed by atoms with van der Waals surface area (Å²) in [7, 11) is 0. The van der Waals surface area contributed by atoms with Crippen LogP contribution in [0.2, 0.25) is 0 Å². The van der Waals surface area contributed by atoms with Crippen molar-refractivity contribution < 1.29 is 9.21 Å². The molecule has 112 valence electrons. The molecule has 0 saturated heterocycles. The van der Waals surface area contributed by atoms with Gasteiger partial charge in [0.2, 0.25) is 5.91 Å². The van der Waals surface area contributed by atoms with Gasteiger partial charge in [-0.3, -0.25) is 4.79 Å². The van der Waals surface area contributed by atoms with Crippen LogP contribution in [-0.2, 0) is 10.5 Å². The first-order valence-corrected chi connectivity index (χ1v) is 9.16. The predicted octanol–water partition coefficient (Wildman–Crippen LogP) is 3.55. The van der Waals surface area contributed by atoms with Gasteiger partial charge in [0.15, 0.2) is 0 Å². The van der Waals surface area contributed by atoms with Crippen molar-refractivity contribution in [2.75, 3.05) is 12.3 Å². The van der Waals surface area contributed by atoms with Crippen LogP contribution in [0.5, 0.6) is 0 Å². The van der Waals surface area contributed by atoms with Gasteiger partial charge in [-0.1, -0.05) is 6.42 Å². The van der Waals surface area contributed by atoms with E-state index < -0.39 is 0 Å². The van der Waals surface area contributed by atoms with Crippen LogP contribution in [0.1, 0.15) is 25.0 Å². The fourth-order valence-corrected chi connectivity index (χ4v) is 3.80. The molecule has 0 radical (unpaired) electrons. The SMILES string of the molecule is O=C(CSCc1csc(-c2ccoc2)n1)NCC1CCC1. The van der Waals surface area contributed by atoms with E-state index in [9.17, 15) is 4.79 Å². The Hall–Kier alpha value is -1.27. The molecule has 0 bridgehead atoms. The highest BCUT2D eigenvalue weighted by atomic mass is 32.2. The number of nitrogens with zero attached hydrogens (tertiary/aromatic N) is 1. The fourth-order valence-electron chi connectivity index (χ4n) is 2.15. The van der Waals surface area contributed by atoms with Gasteiger partial charge in [-0.2, -0.15) is 0 Å². The first kappa shape index (κ1) is 14.7. The lowest BCUT2D eigenvalue weighted by molar-refractivity contribution is -0.118. The van der Waals surface area contributed by atoms with Crippen LogP contribution in [0.25, 0.3) is 10.6 Å². The monoisotopic (exact) mass is 322 g/mol. The minimum atomic E-state index is 0.136. The highest BCUT2D eigenvalue weighted by Crippen LogP contribution is 2.26. The summed E-state index contributed by atoms with van der Waals surface area (Å²) in [5, 5.41) is 6.02. The number of carbonyl (C=O) groups excluding carboxylic acids is 1. The second-order valence-corrected chi connectivity index (χ2v) is 7.09. The molecule has 0 aliphatic heterocycles. The first-order valence-electron chi connectivity index (χ1n) is 7.12. The summed E-state index contributed by atoms with van der Waals surface area (Å²) < 4.78 is 5.06. The summed E-state index contributed by atoms with van der Waals surface area (Å²) in [6.45, 7) is 0.848. The number of hydrogen-bond acceptors (Lipinski definition) is 5. The third kappa shape index (κ3) is 4.11. The zero-order chi connectivity index (χ0) is 14.5. The number of aromatic nitrogens is 1. The quantitative estimate of drug-likeness (QED) is 0.847. The Morgan fingerprint density at radius 1 is 1.52 bits per heavy atom. The zero-order valence-electron chi connectivity index (χ0n) is 11.7. The summed E-state index contributed by atoms with van der Waals surface area (Å²) in [5.74, 6) is 2.13. The van der Waals surface area contributed by atoms with Crippen molar-refractivity contribution in [1.82, 2.24) is 10.3 Å². The van der Waals surface area contributed by atoms with E-state index in [0.717, 1.165) is 34.5 Å². The molecule has 6 heteroatoms. The molecule has 1 fully saturated rings. The van der Waals surface area contributed by atoms with Crippen LogP contribution in [-0.4, -0.2) is 23.2 Å². The minimum Gasteiger partial charge on any atom is -0.472 e. The normalized spacial score (nSPS) is 14.9. The molecular formula is C15H18N2O2S2. The smallest absolute Gasteiger partial charge is 0.230 e. The van der Waals surface area contributed by atoms with E-state index in [1.54, 1.807) is 35.6 Å².